The van der Waals surface area contributed by atoms with Gasteiger partial charge >= 0.3 is 0 Å². The van der Waals surface area contributed by atoms with Crippen molar-refractivity contribution < 1.29 is 23.3 Å². The van der Waals surface area contributed by atoms with Crippen LogP contribution >= 0.6 is 0 Å². The number of halogens is 1. The second-order valence-corrected chi connectivity index (χ2v) is 5.08. The third-order valence-electron chi connectivity index (χ3n) is 3.66. The highest BCUT2D eigenvalue weighted by atomic mass is 19.1. The molecule has 0 aromatic heterocycles. The Morgan fingerprint density at radius 2 is 1.25 bits per heavy atom. The molecule has 0 aliphatic carbocycles. The lowest BCUT2D eigenvalue weighted by Crippen LogP contribution is -2.14. The molecule has 5 nitrogen and oxygen atoms in total. The van der Waals surface area contributed by atoms with Gasteiger partial charge in [-0.25, -0.2) is 4.39 Å². The zero-order chi connectivity index (χ0) is 17.5. The lowest BCUT2D eigenvalue weighted by atomic mass is 10.1. The first kappa shape index (κ1) is 17.9. The van der Waals surface area contributed by atoms with Gasteiger partial charge < -0.3 is 24.3 Å². The van der Waals surface area contributed by atoms with Crippen molar-refractivity contribution in [1.29, 1.82) is 0 Å². The van der Waals surface area contributed by atoms with Crippen molar-refractivity contribution in [3.05, 3.63) is 47.3 Å². The Balaban J connectivity index is 2.13. The summed E-state index contributed by atoms with van der Waals surface area (Å²) < 4.78 is 34.6. The maximum absolute atomic E-state index is 13.4. The third kappa shape index (κ3) is 4.08. The molecule has 2 aromatic carbocycles. The van der Waals surface area contributed by atoms with Crippen molar-refractivity contribution >= 4 is 0 Å². The molecule has 130 valence electrons. The highest BCUT2D eigenvalue weighted by molar-refractivity contribution is 5.50. The number of methoxy groups -OCH3 is 4. The molecular weight excluding hydrogens is 313 g/mol. The average Bonchev–Trinajstić information content (AvgIpc) is 2.61. The summed E-state index contributed by atoms with van der Waals surface area (Å²) in [5, 5.41) is 3.26. The minimum atomic E-state index is -0.295. The third-order valence-corrected chi connectivity index (χ3v) is 3.66. The van der Waals surface area contributed by atoms with Crippen molar-refractivity contribution in [3.63, 3.8) is 0 Å². The van der Waals surface area contributed by atoms with E-state index in [1.165, 1.54) is 12.1 Å². The molecule has 2 aromatic rings. The maximum atomic E-state index is 13.4. The van der Waals surface area contributed by atoms with Gasteiger partial charge in [0, 0.05) is 30.3 Å². The van der Waals surface area contributed by atoms with E-state index in [0.717, 1.165) is 11.1 Å². The largest absolute Gasteiger partial charge is 0.496 e. The second-order valence-electron chi connectivity index (χ2n) is 5.08. The quantitative estimate of drug-likeness (QED) is 0.803. The average molecular weight is 335 g/mol. The van der Waals surface area contributed by atoms with Crippen LogP contribution in [-0.4, -0.2) is 28.4 Å². The fourth-order valence-electron chi connectivity index (χ4n) is 2.45. The fraction of sp³-hybridized carbons (Fsp3) is 0.333. The zero-order valence-electron chi connectivity index (χ0n) is 14.3. The lowest BCUT2D eigenvalue weighted by Gasteiger charge is -2.15. The van der Waals surface area contributed by atoms with Gasteiger partial charge in [0.25, 0.3) is 0 Å². The van der Waals surface area contributed by atoms with Gasteiger partial charge in [-0.05, 0) is 24.3 Å². The van der Waals surface area contributed by atoms with Gasteiger partial charge in [0.1, 0.15) is 17.3 Å². The summed E-state index contributed by atoms with van der Waals surface area (Å²) in [7, 11) is 6.32. The van der Waals surface area contributed by atoms with E-state index >= 15 is 0 Å². The Morgan fingerprint density at radius 3 is 1.83 bits per heavy atom. The van der Waals surface area contributed by atoms with E-state index in [0.29, 0.717) is 36.1 Å². The Morgan fingerprint density at radius 1 is 0.708 bits per heavy atom. The van der Waals surface area contributed by atoms with Gasteiger partial charge in [-0.1, -0.05) is 0 Å². The van der Waals surface area contributed by atoms with Gasteiger partial charge in [-0.3, -0.25) is 0 Å². The van der Waals surface area contributed by atoms with Crippen LogP contribution in [-0.2, 0) is 13.1 Å². The standard InChI is InChI=1S/C18H22FNO4/c1-21-15-6-5-14(19)7-12(15)10-20-11-13-8-17(23-3)18(24-4)9-16(13)22-2/h5-9,20H,10-11H2,1-4H3. The molecule has 0 unspecified atom stereocenters. The SMILES string of the molecule is COc1ccc(F)cc1CNCc1cc(OC)c(OC)cc1OC. The van der Waals surface area contributed by atoms with Crippen molar-refractivity contribution in [2.75, 3.05) is 28.4 Å². The summed E-state index contributed by atoms with van der Waals surface area (Å²) in [5.74, 6) is 2.26. The minimum Gasteiger partial charge on any atom is -0.496 e. The molecule has 0 saturated carbocycles. The van der Waals surface area contributed by atoms with Crippen LogP contribution in [0.2, 0.25) is 0 Å². The summed E-state index contributed by atoms with van der Waals surface area (Å²) in [6.07, 6.45) is 0. The smallest absolute Gasteiger partial charge is 0.164 e. The Kier molecular flexibility index (Phi) is 6.26. The van der Waals surface area contributed by atoms with Gasteiger partial charge in [-0.15, -0.1) is 0 Å². The zero-order valence-corrected chi connectivity index (χ0v) is 14.3. The minimum absolute atomic E-state index is 0.295. The Labute approximate surface area is 141 Å². The number of benzene rings is 2. The highest BCUT2D eigenvalue weighted by Crippen LogP contribution is 2.34. The molecule has 0 amide bonds. The fourth-order valence-corrected chi connectivity index (χ4v) is 2.45. The molecule has 0 fully saturated rings. The molecule has 0 aliphatic heterocycles. The van der Waals surface area contributed by atoms with E-state index in [-0.39, 0.29) is 5.82 Å². The topological polar surface area (TPSA) is 49.0 Å². The van der Waals surface area contributed by atoms with Crippen LogP contribution in [0.4, 0.5) is 4.39 Å². The first-order valence-corrected chi connectivity index (χ1v) is 7.45. The van der Waals surface area contributed by atoms with E-state index in [1.54, 1.807) is 40.6 Å². The Hall–Kier alpha value is -2.47. The molecule has 2 rings (SSSR count). The van der Waals surface area contributed by atoms with Crippen LogP contribution in [0, 0.1) is 5.82 Å². The van der Waals surface area contributed by atoms with Crippen LogP contribution in [0.1, 0.15) is 11.1 Å². The summed E-state index contributed by atoms with van der Waals surface area (Å²) in [6, 6.07) is 8.08. The molecule has 0 aliphatic rings. The maximum Gasteiger partial charge on any atom is 0.164 e. The Bertz CT molecular complexity index is 691. The molecule has 0 heterocycles. The van der Waals surface area contributed by atoms with Gasteiger partial charge in [0.2, 0.25) is 0 Å². The van der Waals surface area contributed by atoms with Crippen LogP contribution in [0.25, 0.3) is 0 Å². The first-order valence-electron chi connectivity index (χ1n) is 7.45. The van der Waals surface area contributed by atoms with Crippen molar-refractivity contribution in [2.45, 2.75) is 13.1 Å². The van der Waals surface area contributed by atoms with Crippen LogP contribution in [0.3, 0.4) is 0 Å². The summed E-state index contributed by atoms with van der Waals surface area (Å²) in [6.45, 7) is 0.974. The van der Waals surface area contributed by atoms with E-state index < -0.39 is 0 Å². The number of hydrogen-bond donors (Lipinski definition) is 1. The normalized spacial score (nSPS) is 10.4. The van der Waals surface area contributed by atoms with Crippen LogP contribution in [0.5, 0.6) is 23.0 Å². The molecule has 0 atom stereocenters. The van der Waals surface area contributed by atoms with E-state index in [4.69, 9.17) is 18.9 Å². The second kappa shape index (κ2) is 8.40. The summed E-state index contributed by atoms with van der Waals surface area (Å²) in [4.78, 5) is 0. The summed E-state index contributed by atoms with van der Waals surface area (Å²) in [5.41, 5.74) is 1.66. The molecule has 0 spiro atoms. The van der Waals surface area contributed by atoms with Crippen LogP contribution in [0.15, 0.2) is 30.3 Å². The van der Waals surface area contributed by atoms with E-state index in [9.17, 15) is 4.39 Å². The van der Waals surface area contributed by atoms with Gasteiger partial charge in [-0.2, -0.15) is 0 Å². The molecule has 0 radical (unpaired) electrons. The van der Waals surface area contributed by atoms with Crippen LogP contribution < -0.4 is 24.3 Å². The predicted molar refractivity (Wildman–Crippen MR) is 89.6 cm³/mol. The van der Waals surface area contributed by atoms with Crippen molar-refractivity contribution in [3.8, 4) is 23.0 Å². The number of rotatable bonds is 8. The van der Waals surface area contributed by atoms with Gasteiger partial charge in [0.15, 0.2) is 11.5 Å². The summed E-state index contributed by atoms with van der Waals surface area (Å²) >= 11 is 0. The molecule has 6 heteroatoms. The molecular formula is C18H22FNO4. The van der Waals surface area contributed by atoms with E-state index in [2.05, 4.69) is 5.32 Å². The molecule has 1 N–H and O–H groups in total. The first-order chi connectivity index (χ1) is 11.6. The highest BCUT2D eigenvalue weighted by Gasteiger charge is 2.12. The van der Waals surface area contributed by atoms with Crippen molar-refractivity contribution in [1.82, 2.24) is 5.32 Å². The molecule has 0 saturated heterocycles. The van der Waals surface area contributed by atoms with E-state index in [1.807, 2.05) is 6.07 Å². The molecule has 24 heavy (non-hydrogen) atoms. The van der Waals surface area contributed by atoms with Crippen molar-refractivity contribution in [2.24, 2.45) is 0 Å². The number of ether oxygens (including phenoxy) is 4. The van der Waals surface area contributed by atoms with Gasteiger partial charge in [0.05, 0.1) is 28.4 Å². The monoisotopic (exact) mass is 335 g/mol. The number of nitrogens with one attached hydrogen (secondary N) is 1. The molecule has 0 bridgehead atoms. The lowest BCUT2D eigenvalue weighted by molar-refractivity contribution is 0.347. The predicted octanol–water partition coefficient (Wildman–Crippen LogP) is 3.15. The number of hydrogen-bond acceptors (Lipinski definition) is 5.